The zero-order valence-electron chi connectivity index (χ0n) is 19.5. The first-order valence-corrected chi connectivity index (χ1v) is 12.9. The predicted octanol–water partition coefficient (Wildman–Crippen LogP) is 5.00. The Hall–Kier alpha value is -3.31. The number of halogens is 1. The fraction of sp³-hybridized carbons (Fsp3) is 0.185. The third kappa shape index (κ3) is 5.90. The van der Waals surface area contributed by atoms with E-state index < -0.39 is 12.0 Å². The molecule has 1 unspecified atom stereocenters. The lowest BCUT2D eigenvalue weighted by molar-refractivity contribution is -0.124. The fourth-order valence-electron chi connectivity index (χ4n) is 3.91. The van der Waals surface area contributed by atoms with Gasteiger partial charge < -0.3 is 15.0 Å². The molecular formula is C27H24IN3O4S. The Balaban J connectivity index is 1.58. The van der Waals surface area contributed by atoms with Crippen LogP contribution in [0.1, 0.15) is 29.3 Å². The number of carbonyl (C=O) groups excluding carboxylic acids is 3. The number of ether oxygens (including phenoxy) is 1. The number of esters is 1. The number of benzene rings is 3. The van der Waals surface area contributed by atoms with Crippen LogP contribution in [0.25, 0.3) is 0 Å². The summed E-state index contributed by atoms with van der Waals surface area (Å²) < 4.78 is 6.09. The largest absolute Gasteiger partial charge is 0.462 e. The van der Waals surface area contributed by atoms with Crippen LogP contribution in [0.3, 0.4) is 0 Å². The number of nitrogens with one attached hydrogen (secondary N) is 1. The van der Waals surface area contributed by atoms with Crippen LogP contribution in [0.15, 0.2) is 78.9 Å². The Morgan fingerprint density at radius 3 is 2.31 bits per heavy atom. The number of nitrogens with zero attached hydrogens (tertiary/aromatic N) is 2. The van der Waals surface area contributed by atoms with E-state index in [-0.39, 0.29) is 24.8 Å². The number of anilines is 2. The first kappa shape index (κ1) is 25.8. The van der Waals surface area contributed by atoms with Crippen LogP contribution in [0.5, 0.6) is 0 Å². The molecule has 0 saturated carbocycles. The van der Waals surface area contributed by atoms with Gasteiger partial charge in [0.25, 0.3) is 5.91 Å². The number of carbonyl (C=O) groups is 3. The Morgan fingerprint density at radius 2 is 1.67 bits per heavy atom. The maximum absolute atomic E-state index is 13.6. The maximum Gasteiger partial charge on any atom is 0.338 e. The molecule has 2 amide bonds. The minimum absolute atomic E-state index is 0.0603. The molecule has 1 saturated heterocycles. The summed E-state index contributed by atoms with van der Waals surface area (Å²) in [5.74, 6) is -1.01. The van der Waals surface area contributed by atoms with Crippen molar-refractivity contribution in [3.63, 3.8) is 0 Å². The summed E-state index contributed by atoms with van der Waals surface area (Å²) in [6.45, 7) is 2.39. The smallest absolute Gasteiger partial charge is 0.338 e. The quantitative estimate of drug-likeness (QED) is 0.219. The summed E-state index contributed by atoms with van der Waals surface area (Å²) in [4.78, 5) is 41.7. The van der Waals surface area contributed by atoms with Gasteiger partial charge in [-0.05, 0) is 95.8 Å². The number of hydrogen-bond donors (Lipinski definition) is 1. The highest BCUT2D eigenvalue weighted by atomic mass is 127. The van der Waals surface area contributed by atoms with E-state index >= 15 is 0 Å². The molecule has 9 heteroatoms. The second-order valence-corrected chi connectivity index (χ2v) is 9.72. The Bertz CT molecular complexity index is 1270. The van der Waals surface area contributed by atoms with Gasteiger partial charge in [0.1, 0.15) is 6.04 Å². The molecule has 1 heterocycles. The van der Waals surface area contributed by atoms with Crippen LogP contribution < -0.4 is 10.2 Å². The molecule has 3 aromatic rings. The SMILES string of the molecule is CCOC(=O)c1ccc(N2C(=O)C(CC(=O)Nc3ccc(I)cc3)N(Cc3ccccc3)C2=S)cc1. The number of rotatable bonds is 8. The van der Waals surface area contributed by atoms with E-state index in [9.17, 15) is 14.4 Å². The van der Waals surface area contributed by atoms with Crippen molar-refractivity contribution in [3.8, 4) is 0 Å². The standard InChI is InChI=1S/C27H24IN3O4S/c1-2-35-26(34)19-8-14-22(15-9-19)31-25(33)23(16-24(32)29-21-12-10-20(28)11-13-21)30(27(31)36)17-18-6-4-3-5-7-18/h3-15,23H,2,16-17H2,1H3,(H,29,32). The van der Waals surface area contributed by atoms with Crippen LogP contribution >= 0.6 is 34.8 Å². The zero-order valence-corrected chi connectivity index (χ0v) is 22.5. The molecule has 184 valence electrons. The van der Waals surface area contributed by atoms with Gasteiger partial charge in [-0.1, -0.05) is 30.3 Å². The molecule has 1 N–H and O–H groups in total. The maximum atomic E-state index is 13.6. The number of amides is 2. The van der Waals surface area contributed by atoms with E-state index in [1.165, 1.54) is 4.90 Å². The van der Waals surface area contributed by atoms with Crippen LogP contribution in [0, 0.1) is 3.57 Å². The van der Waals surface area contributed by atoms with Crippen molar-refractivity contribution in [2.75, 3.05) is 16.8 Å². The molecule has 1 aliphatic heterocycles. The first-order chi connectivity index (χ1) is 17.4. The lowest BCUT2D eigenvalue weighted by Gasteiger charge is -2.24. The van der Waals surface area contributed by atoms with Gasteiger partial charge in [0.15, 0.2) is 5.11 Å². The highest BCUT2D eigenvalue weighted by Gasteiger charge is 2.44. The lowest BCUT2D eigenvalue weighted by atomic mass is 10.1. The zero-order chi connectivity index (χ0) is 25.7. The van der Waals surface area contributed by atoms with E-state index in [1.54, 1.807) is 36.1 Å². The third-order valence-electron chi connectivity index (χ3n) is 5.66. The Kier molecular flexibility index (Phi) is 8.32. The highest BCUT2D eigenvalue weighted by molar-refractivity contribution is 14.1. The summed E-state index contributed by atoms with van der Waals surface area (Å²) in [5.41, 5.74) is 2.54. The Morgan fingerprint density at radius 1 is 1.00 bits per heavy atom. The summed E-state index contributed by atoms with van der Waals surface area (Å²) in [5, 5.41) is 3.17. The van der Waals surface area contributed by atoms with Gasteiger partial charge in [0, 0.05) is 15.8 Å². The van der Waals surface area contributed by atoms with Gasteiger partial charge >= 0.3 is 5.97 Å². The summed E-state index contributed by atoms with van der Waals surface area (Å²) in [6, 6.07) is 22.8. The molecule has 0 aliphatic carbocycles. The highest BCUT2D eigenvalue weighted by Crippen LogP contribution is 2.29. The molecule has 0 bridgehead atoms. The van der Waals surface area contributed by atoms with E-state index in [0.717, 1.165) is 9.13 Å². The molecular weight excluding hydrogens is 589 g/mol. The van der Waals surface area contributed by atoms with Crippen molar-refractivity contribution in [1.29, 1.82) is 0 Å². The molecule has 0 radical (unpaired) electrons. The Labute approximate surface area is 228 Å². The minimum atomic E-state index is -0.772. The van der Waals surface area contributed by atoms with E-state index in [1.807, 2.05) is 54.6 Å². The van der Waals surface area contributed by atoms with E-state index in [4.69, 9.17) is 17.0 Å². The van der Waals surface area contributed by atoms with Crippen molar-refractivity contribution in [3.05, 3.63) is 93.6 Å². The molecule has 0 spiro atoms. The van der Waals surface area contributed by atoms with Gasteiger partial charge in [-0.2, -0.15) is 0 Å². The average Bonchev–Trinajstić information content (AvgIpc) is 3.10. The molecule has 7 nitrogen and oxygen atoms in total. The first-order valence-electron chi connectivity index (χ1n) is 11.4. The van der Waals surface area contributed by atoms with Gasteiger partial charge in [0.2, 0.25) is 5.91 Å². The van der Waals surface area contributed by atoms with E-state index in [0.29, 0.717) is 28.6 Å². The van der Waals surface area contributed by atoms with Gasteiger partial charge in [-0.3, -0.25) is 14.5 Å². The molecule has 1 fully saturated rings. The average molecular weight is 613 g/mol. The number of hydrogen-bond acceptors (Lipinski definition) is 5. The minimum Gasteiger partial charge on any atom is -0.462 e. The third-order valence-corrected chi connectivity index (χ3v) is 6.79. The normalized spacial score (nSPS) is 15.2. The second kappa shape index (κ2) is 11.6. The fourth-order valence-corrected chi connectivity index (χ4v) is 4.66. The monoisotopic (exact) mass is 613 g/mol. The second-order valence-electron chi connectivity index (χ2n) is 8.11. The van der Waals surface area contributed by atoms with Crippen molar-refractivity contribution in [2.45, 2.75) is 25.9 Å². The molecule has 1 atom stereocenters. The van der Waals surface area contributed by atoms with Crippen LogP contribution in [-0.2, 0) is 20.9 Å². The van der Waals surface area contributed by atoms with Crippen molar-refractivity contribution < 1.29 is 19.1 Å². The molecule has 3 aromatic carbocycles. The van der Waals surface area contributed by atoms with Crippen molar-refractivity contribution >= 4 is 69.1 Å². The van der Waals surface area contributed by atoms with Gasteiger partial charge in [0.05, 0.1) is 24.3 Å². The van der Waals surface area contributed by atoms with Gasteiger partial charge in [-0.25, -0.2) is 4.79 Å². The number of thiocarbonyl (C=S) groups is 1. The molecule has 1 aliphatic rings. The van der Waals surface area contributed by atoms with E-state index in [2.05, 4.69) is 27.9 Å². The van der Waals surface area contributed by atoms with Crippen LogP contribution in [0.2, 0.25) is 0 Å². The molecule has 36 heavy (non-hydrogen) atoms. The van der Waals surface area contributed by atoms with Crippen molar-refractivity contribution in [2.24, 2.45) is 0 Å². The predicted molar refractivity (Wildman–Crippen MR) is 151 cm³/mol. The lowest BCUT2D eigenvalue weighted by Crippen LogP contribution is -2.37. The summed E-state index contributed by atoms with van der Waals surface area (Å²) in [6.07, 6.45) is -0.0603. The van der Waals surface area contributed by atoms with Crippen molar-refractivity contribution in [1.82, 2.24) is 4.90 Å². The summed E-state index contributed by atoms with van der Waals surface area (Å²) in [7, 11) is 0. The van der Waals surface area contributed by atoms with Crippen LogP contribution in [0.4, 0.5) is 11.4 Å². The van der Waals surface area contributed by atoms with Gasteiger partial charge in [-0.15, -0.1) is 0 Å². The van der Waals surface area contributed by atoms with Crippen LogP contribution in [-0.4, -0.2) is 40.4 Å². The molecule has 0 aromatic heterocycles. The topological polar surface area (TPSA) is 78.9 Å². The molecule has 4 rings (SSSR count). The summed E-state index contributed by atoms with van der Waals surface area (Å²) >= 11 is 7.92.